The van der Waals surface area contributed by atoms with Gasteiger partial charge in [-0.3, -0.25) is 0 Å². The van der Waals surface area contributed by atoms with Crippen molar-refractivity contribution in [3.8, 4) is 11.5 Å². The molecule has 2 N–H and O–H groups in total. The van der Waals surface area contributed by atoms with Gasteiger partial charge in [0.15, 0.2) is 0 Å². The first-order valence-corrected chi connectivity index (χ1v) is 11.9. The molecule has 1 aromatic heterocycles. The topological polar surface area (TPSA) is 58.9 Å². The van der Waals surface area contributed by atoms with Crippen LogP contribution in [0.2, 0.25) is 0 Å². The average molecular weight is 433 g/mol. The highest BCUT2D eigenvalue weighted by Gasteiger charge is 2.29. The summed E-state index contributed by atoms with van der Waals surface area (Å²) >= 11 is 2.04. The minimum absolute atomic E-state index is 0.0685. The molecular weight excluding hydrogens is 396 g/mol. The molecule has 166 valence electrons. The summed E-state index contributed by atoms with van der Waals surface area (Å²) in [6.07, 6.45) is 7.19. The molecule has 1 heterocycles. The number of ether oxygens (including phenoxy) is 2. The van der Waals surface area contributed by atoms with Crippen molar-refractivity contribution < 1.29 is 19.7 Å². The van der Waals surface area contributed by atoms with Crippen LogP contribution in [0.3, 0.4) is 0 Å². The second kappa shape index (κ2) is 10.2. The smallest absolute Gasteiger partial charge is 0.125 e. The van der Waals surface area contributed by atoms with E-state index in [0.717, 1.165) is 31.4 Å². The normalized spacial score (nSPS) is 16.2. The number of fused-ring (bicyclic) bond motifs is 1. The van der Waals surface area contributed by atoms with Gasteiger partial charge >= 0.3 is 0 Å². The van der Waals surface area contributed by atoms with Crippen molar-refractivity contribution in [3.63, 3.8) is 0 Å². The molecule has 0 saturated heterocycles. The fourth-order valence-electron chi connectivity index (χ4n) is 4.33. The van der Waals surface area contributed by atoms with Crippen molar-refractivity contribution in [2.45, 2.75) is 71.8 Å². The van der Waals surface area contributed by atoms with E-state index in [9.17, 15) is 5.11 Å². The molecule has 1 aromatic carbocycles. The van der Waals surface area contributed by atoms with E-state index in [1.165, 1.54) is 24.8 Å². The summed E-state index contributed by atoms with van der Waals surface area (Å²) in [7, 11) is 1.68. The lowest BCUT2D eigenvalue weighted by Crippen LogP contribution is -2.22. The Kier molecular flexibility index (Phi) is 7.83. The summed E-state index contributed by atoms with van der Waals surface area (Å²) in [6.45, 7) is 6.84. The average Bonchev–Trinajstić information content (AvgIpc) is 3.08. The van der Waals surface area contributed by atoms with Crippen molar-refractivity contribution in [1.29, 1.82) is 0 Å². The number of hydrogen-bond acceptors (Lipinski definition) is 5. The number of hydrogen-bond donors (Lipinski definition) is 2. The zero-order valence-electron chi connectivity index (χ0n) is 18.8. The number of rotatable bonds is 10. The molecule has 1 atom stereocenters. The Balaban J connectivity index is 1.63. The Labute approximate surface area is 184 Å². The van der Waals surface area contributed by atoms with E-state index in [-0.39, 0.29) is 13.2 Å². The van der Waals surface area contributed by atoms with Gasteiger partial charge in [-0.1, -0.05) is 26.8 Å². The molecule has 0 radical (unpaired) electrons. The van der Waals surface area contributed by atoms with Gasteiger partial charge in [-0.2, -0.15) is 0 Å². The van der Waals surface area contributed by atoms with E-state index in [1.54, 1.807) is 28.0 Å². The maximum absolute atomic E-state index is 9.45. The lowest BCUT2D eigenvalue weighted by atomic mass is 9.74. The Morgan fingerprint density at radius 2 is 1.97 bits per heavy atom. The van der Waals surface area contributed by atoms with Crippen LogP contribution in [-0.2, 0) is 32.1 Å². The van der Waals surface area contributed by atoms with Gasteiger partial charge in [0.1, 0.15) is 24.2 Å². The number of methoxy groups -OCH3 is 1. The SMILES string of the molecule is CCc1sc(CCCc2ccc(OCC(O)CO)cc2OC)c2c1CC(C)(C)CC2. The molecule has 1 aliphatic rings. The second-order valence-corrected chi connectivity index (χ2v) is 10.3. The first-order valence-electron chi connectivity index (χ1n) is 11.1. The predicted octanol–water partition coefficient (Wildman–Crippen LogP) is 4.74. The number of aliphatic hydroxyl groups excluding tert-OH is 2. The maximum Gasteiger partial charge on any atom is 0.125 e. The number of aryl methyl sites for hydroxylation is 3. The number of aliphatic hydroxyl groups is 2. The van der Waals surface area contributed by atoms with E-state index in [2.05, 4.69) is 20.8 Å². The zero-order valence-corrected chi connectivity index (χ0v) is 19.6. The Morgan fingerprint density at radius 1 is 1.17 bits per heavy atom. The molecule has 0 fully saturated rings. The van der Waals surface area contributed by atoms with E-state index in [1.807, 2.05) is 29.5 Å². The summed E-state index contributed by atoms with van der Waals surface area (Å²) < 4.78 is 11.1. The highest BCUT2D eigenvalue weighted by molar-refractivity contribution is 7.12. The van der Waals surface area contributed by atoms with Crippen LogP contribution < -0.4 is 9.47 Å². The van der Waals surface area contributed by atoms with Crippen LogP contribution in [0.25, 0.3) is 0 Å². The van der Waals surface area contributed by atoms with Gasteiger partial charge in [-0.25, -0.2) is 0 Å². The largest absolute Gasteiger partial charge is 0.496 e. The van der Waals surface area contributed by atoms with Crippen molar-refractivity contribution in [2.24, 2.45) is 5.41 Å². The summed E-state index contributed by atoms with van der Waals surface area (Å²) in [4.78, 5) is 3.19. The molecule has 4 nitrogen and oxygen atoms in total. The summed E-state index contributed by atoms with van der Waals surface area (Å²) in [6, 6.07) is 5.82. The summed E-state index contributed by atoms with van der Waals surface area (Å²) in [5.74, 6) is 1.46. The summed E-state index contributed by atoms with van der Waals surface area (Å²) in [5, 5.41) is 18.4. The van der Waals surface area contributed by atoms with Crippen LogP contribution in [0.15, 0.2) is 18.2 Å². The minimum Gasteiger partial charge on any atom is -0.496 e. The predicted molar refractivity (Wildman–Crippen MR) is 123 cm³/mol. The molecule has 3 rings (SSSR count). The van der Waals surface area contributed by atoms with Gasteiger partial charge in [0.25, 0.3) is 0 Å². The first-order chi connectivity index (χ1) is 14.4. The molecule has 5 heteroatoms. The van der Waals surface area contributed by atoms with Crippen LogP contribution in [0.5, 0.6) is 11.5 Å². The van der Waals surface area contributed by atoms with E-state index < -0.39 is 6.10 Å². The Bertz CT molecular complexity index is 840. The van der Waals surface area contributed by atoms with E-state index in [4.69, 9.17) is 14.6 Å². The van der Waals surface area contributed by atoms with Gasteiger partial charge in [0, 0.05) is 15.8 Å². The molecule has 1 unspecified atom stereocenters. The minimum atomic E-state index is -0.869. The van der Waals surface area contributed by atoms with Gasteiger partial charge in [0.05, 0.1) is 13.7 Å². The van der Waals surface area contributed by atoms with Gasteiger partial charge in [0.2, 0.25) is 0 Å². The molecule has 30 heavy (non-hydrogen) atoms. The number of thiophene rings is 1. The molecule has 1 aliphatic carbocycles. The van der Waals surface area contributed by atoms with E-state index in [0.29, 0.717) is 11.2 Å². The van der Waals surface area contributed by atoms with Crippen LogP contribution >= 0.6 is 11.3 Å². The van der Waals surface area contributed by atoms with Crippen molar-refractivity contribution in [1.82, 2.24) is 0 Å². The zero-order chi connectivity index (χ0) is 21.7. The quantitative estimate of drug-likeness (QED) is 0.569. The highest BCUT2D eigenvalue weighted by Crippen LogP contribution is 2.42. The molecule has 0 bridgehead atoms. The lowest BCUT2D eigenvalue weighted by molar-refractivity contribution is 0.0535. The fraction of sp³-hybridized carbons (Fsp3) is 0.600. The van der Waals surface area contributed by atoms with Crippen LogP contribution in [-0.4, -0.2) is 36.6 Å². The first kappa shape index (κ1) is 23.1. The van der Waals surface area contributed by atoms with Crippen molar-refractivity contribution >= 4 is 11.3 Å². The monoisotopic (exact) mass is 432 g/mol. The molecule has 0 spiro atoms. The molecule has 0 saturated carbocycles. The van der Waals surface area contributed by atoms with Crippen LogP contribution in [0.1, 0.15) is 60.1 Å². The van der Waals surface area contributed by atoms with Crippen molar-refractivity contribution in [2.75, 3.05) is 20.3 Å². The van der Waals surface area contributed by atoms with Gasteiger partial charge in [-0.05, 0) is 73.1 Å². The van der Waals surface area contributed by atoms with Crippen molar-refractivity contribution in [3.05, 3.63) is 44.6 Å². The standard InChI is InChI=1S/C25H36O4S/c1-5-23-21-14-25(2,3)12-11-20(21)24(30-23)8-6-7-17-9-10-19(13-22(17)28-4)29-16-18(27)15-26/h9-10,13,18,26-27H,5-8,11-12,14-16H2,1-4H3. The fourth-order valence-corrected chi connectivity index (χ4v) is 5.68. The Hall–Kier alpha value is -1.56. The third-order valence-electron chi connectivity index (χ3n) is 6.07. The molecule has 2 aromatic rings. The molecule has 0 amide bonds. The lowest BCUT2D eigenvalue weighted by Gasteiger charge is -2.30. The van der Waals surface area contributed by atoms with Crippen LogP contribution in [0.4, 0.5) is 0 Å². The van der Waals surface area contributed by atoms with Crippen LogP contribution in [0, 0.1) is 5.41 Å². The van der Waals surface area contributed by atoms with Gasteiger partial charge in [-0.15, -0.1) is 11.3 Å². The third-order valence-corrected chi connectivity index (χ3v) is 7.55. The van der Waals surface area contributed by atoms with E-state index >= 15 is 0 Å². The molecular formula is C25H36O4S. The second-order valence-electron chi connectivity index (χ2n) is 9.07. The Morgan fingerprint density at radius 3 is 2.67 bits per heavy atom. The third kappa shape index (κ3) is 5.57. The maximum atomic E-state index is 9.45. The number of benzene rings is 1. The van der Waals surface area contributed by atoms with Gasteiger partial charge < -0.3 is 19.7 Å². The molecule has 0 aliphatic heterocycles. The summed E-state index contributed by atoms with van der Waals surface area (Å²) in [5.41, 5.74) is 4.90. The highest BCUT2D eigenvalue weighted by atomic mass is 32.1.